The second-order valence-corrected chi connectivity index (χ2v) is 9.22. The average Bonchev–Trinajstić information content (AvgIpc) is 3.24. The molecule has 11 heteroatoms. The monoisotopic (exact) mass is 459 g/mol. The van der Waals surface area contributed by atoms with Crippen LogP contribution in [0.15, 0.2) is 53.4 Å². The standard InChI is InChI=1S/C20H23N5O3S.CH2O2/c21-13-14-9-11-25(12-10-14)29(27,28)16-7-5-15(6-8-16)22-20(26)19-17-3-1-2-4-18(17)23-24-19;2-1-3/h1-8,14H,9-13,21H2,(H,22,26)(H,23,24);1H,(H,2,3). The molecule has 32 heavy (non-hydrogen) atoms. The number of anilines is 1. The van der Waals surface area contributed by atoms with E-state index in [0.717, 1.165) is 23.7 Å². The number of nitrogens with zero attached hydrogens (tertiary/aromatic N) is 2. The molecule has 1 aliphatic rings. The Morgan fingerprint density at radius 2 is 1.81 bits per heavy atom. The van der Waals surface area contributed by atoms with Crippen molar-refractivity contribution >= 4 is 39.0 Å². The van der Waals surface area contributed by atoms with Gasteiger partial charge in [0.15, 0.2) is 5.69 Å². The first-order valence-corrected chi connectivity index (χ1v) is 11.5. The smallest absolute Gasteiger partial charge is 0.290 e. The molecule has 0 unspecified atom stereocenters. The number of carbonyl (C=O) groups excluding carboxylic acids is 1. The summed E-state index contributed by atoms with van der Waals surface area (Å²) in [6.07, 6.45) is 1.56. The third kappa shape index (κ3) is 5.13. The van der Waals surface area contributed by atoms with Gasteiger partial charge in [0.1, 0.15) is 0 Å². The van der Waals surface area contributed by atoms with Crippen LogP contribution in [-0.4, -0.2) is 60.0 Å². The molecule has 2 heterocycles. The average molecular weight is 460 g/mol. The lowest BCUT2D eigenvalue weighted by Gasteiger charge is -2.30. The summed E-state index contributed by atoms with van der Waals surface area (Å²) in [6.45, 7) is 1.30. The van der Waals surface area contributed by atoms with E-state index in [0.29, 0.717) is 36.9 Å². The van der Waals surface area contributed by atoms with Gasteiger partial charge in [0, 0.05) is 24.2 Å². The normalized spacial score (nSPS) is 15.0. The van der Waals surface area contributed by atoms with E-state index in [1.807, 2.05) is 24.3 Å². The maximum Gasteiger partial charge on any atom is 0.290 e. The lowest BCUT2D eigenvalue weighted by Crippen LogP contribution is -2.39. The zero-order chi connectivity index (χ0) is 23.1. The number of para-hydroxylation sites is 1. The van der Waals surface area contributed by atoms with Crippen molar-refractivity contribution in [3.8, 4) is 0 Å². The highest BCUT2D eigenvalue weighted by Crippen LogP contribution is 2.24. The first-order chi connectivity index (χ1) is 15.4. The predicted octanol–water partition coefficient (Wildman–Crippen LogP) is 1.88. The largest absolute Gasteiger partial charge is 0.483 e. The van der Waals surface area contributed by atoms with Gasteiger partial charge < -0.3 is 16.2 Å². The summed E-state index contributed by atoms with van der Waals surface area (Å²) in [5, 5.41) is 17.3. The number of rotatable bonds is 5. The van der Waals surface area contributed by atoms with Crippen LogP contribution in [0.3, 0.4) is 0 Å². The number of hydrogen-bond acceptors (Lipinski definition) is 6. The quantitative estimate of drug-likeness (QED) is 0.424. The van der Waals surface area contributed by atoms with E-state index in [-0.39, 0.29) is 17.3 Å². The van der Waals surface area contributed by atoms with Gasteiger partial charge in [0.05, 0.1) is 10.4 Å². The molecule has 5 N–H and O–H groups in total. The van der Waals surface area contributed by atoms with Gasteiger partial charge in [-0.15, -0.1) is 0 Å². The molecule has 1 saturated heterocycles. The van der Waals surface area contributed by atoms with E-state index < -0.39 is 10.0 Å². The molecule has 170 valence electrons. The van der Waals surface area contributed by atoms with Crippen LogP contribution in [0.4, 0.5) is 5.69 Å². The number of aromatic amines is 1. The number of fused-ring (bicyclic) bond motifs is 1. The van der Waals surface area contributed by atoms with E-state index in [1.165, 1.54) is 16.4 Å². The minimum absolute atomic E-state index is 0.215. The molecule has 1 aromatic heterocycles. The number of amides is 1. The van der Waals surface area contributed by atoms with Crippen LogP contribution < -0.4 is 11.1 Å². The third-order valence-electron chi connectivity index (χ3n) is 5.34. The zero-order valence-electron chi connectivity index (χ0n) is 17.3. The van der Waals surface area contributed by atoms with Gasteiger partial charge >= 0.3 is 0 Å². The van der Waals surface area contributed by atoms with Crippen molar-refractivity contribution in [2.75, 3.05) is 25.0 Å². The zero-order valence-corrected chi connectivity index (χ0v) is 18.1. The Kier molecular flexibility index (Phi) is 7.57. The Balaban J connectivity index is 0.000000913. The van der Waals surface area contributed by atoms with Crippen molar-refractivity contribution in [3.63, 3.8) is 0 Å². The van der Waals surface area contributed by atoms with Gasteiger partial charge in [0.2, 0.25) is 10.0 Å². The van der Waals surface area contributed by atoms with Crippen molar-refractivity contribution in [2.45, 2.75) is 17.7 Å². The molecule has 0 atom stereocenters. The predicted molar refractivity (Wildman–Crippen MR) is 120 cm³/mol. The Labute approximate surface area is 185 Å². The maximum absolute atomic E-state index is 12.8. The summed E-state index contributed by atoms with van der Waals surface area (Å²) in [6, 6.07) is 13.6. The number of nitrogens with two attached hydrogens (primary N) is 1. The molecular weight excluding hydrogens is 434 g/mol. The lowest BCUT2D eigenvalue weighted by molar-refractivity contribution is -0.122. The van der Waals surface area contributed by atoms with Crippen LogP contribution in [0.2, 0.25) is 0 Å². The van der Waals surface area contributed by atoms with Crippen LogP contribution in [-0.2, 0) is 14.8 Å². The highest BCUT2D eigenvalue weighted by atomic mass is 32.2. The Hall–Kier alpha value is -3.28. The van der Waals surface area contributed by atoms with E-state index in [4.69, 9.17) is 15.6 Å². The summed E-state index contributed by atoms with van der Waals surface area (Å²) >= 11 is 0. The number of aromatic nitrogens is 2. The van der Waals surface area contributed by atoms with Crippen molar-refractivity contribution in [1.82, 2.24) is 14.5 Å². The minimum Gasteiger partial charge on any atom is -0.483 e. The SMILES string of the molecule is NCC1CCN(S(=O)(=O)c2ccc(NC(=O)c3n[nH]c4ccccc34)cc2)CC1.O=CO. The third-order valence-corrected chi connectivity index (χ3v) is 7.26. The van der Waals surface area contributed by atoms with Crippen LogP contribution >= 0.6 is 0 Å². The van der Waals surface area contributed by atoms with Gasteiger partial charge in [-0.1, -0.05) is 18.2 Å². The first kappa shape index (κ1) is 23.4. The van der Waals surface area contributed by atoms with Gasteiger partial charge in [-0.25, -0.2) is 8.42 Å². The number of nitrogens with one attached hydrogen (secondary N) is 2. The van der Waals surface area contributed by atoms with E-state index in [9.17, 15) is 13.2 Å². The summed E-state index contributed by atoms with van der Waals surface area (Å²) < 4.78 is 27.2. The fourth-order valence-corrected chi connectivity index (χ4v) is 5.04. The number of H-pyrrole nitrogens is 1. The minimum atomic E-state index is -3.55. The number of carbonyl (C=O) groups is 2. The topological polar surface area (TPSA) is 158 Å². The number of hydrogen-bond donors (Lipinski definition) is 4. The van der Waals surface area contributed by atoms with Crippen molar-refractivity contribution < 1.29 is 23.1 Å². The highest BCUT2D eigenvalue weighted by Gasteiger charge is 2.28. The summed E-state index contributed by atoms with van der Waals surface area (Å²) in [5.74, 6) is 0.0269. The van der Waals surface area contributed by atoms with Crippen LogP contribution in [0.5, 0.6) is 0 Å². The second kappa shape index (κ2) is 10.4. The molecule has 0 bridgehead atoms. The number of carboxylic acid groups (broad SMARTS) is 1. The number of benzene rings is 2. The molecule has 0 aliphatic carbocycles. The van der Waals surface area contributed by atoms with E-state index >= 15 is 0 Å². The Morgan fingerprint density at radius 1 is 1.19 bits per heavy atom. The van der Waals surface area contributed by atoms with Crippen molar-refractivity contribution in [2.24, 2.45) is 11.7 Å². The van der Waals surface area contributed by atoms with Crippen molar-refractivity contribution in [3.05, 3.63) is 54.2 Å². The van der Waals surface area contributed by atoms with Gasteiger partial charge in [-0.3, -0.25) is 14.7 Å². The van der Waals surface area contributed by atoms with Crippen molar-refractivity contribution in [1.29, 1.82) is 0 Å². The van der Waals surface area contributed by atoms with E-state index in [1.54, 1.807) is 12.1 Å². The molecule has 0 radical (unpaired) electrons. The fourth-order valence-electron chi connectivity index (χ4n) is 3.57. The molecule has 4 rings (SSSR count). The van der Waals surface area contributed by atoms with Crippen LogP contribution in [0, 0.1) is 5.92 Å². The number of sulfonamides is 1. The molecule has 1 amide bonds. The maximum atomic E-state index is 12.8. The van der Waals surface area contributed by atoms with Gasteiger partial charge in [0.25, 0.3) is 12.4 Å². The molecule has 0 spiro atoms. The molecule has 3 aromatic rings. The fraction of sp³-hybridized carbons (Fsp3) is 0.286. The number of piperidine rings is 1. The summed E-state index contributed by atoms with van der Waals surface area (Å²) in [4.78, 5) is 21.1. The Morgan fingerprint density at radius 3 is 2.44 bits per heavy atom. The first-order valence-electron chi connectivity index (χ1n) is 10.0. The van der Waals surface area contributed by atoms with Gasteiger partial charge in [-0.05, 0) is 55.6 Å². The van der Waals surface area contributed by atoms with E-state index in [2.05, 4.69) is 15.5 Å². The molecule has 2 aromatic carbocycles. The molecule has 1 aliphatic heterocycles. The highest BCUT2D eigenvalue weighted by molar-refractivity contribution is 7.89. The Bertz CT molecular complexity index is 1170. The molecule has 1 fully saturated rings. The lowest BCUT2D eigenvalue weighted by atomic mass is 9.99. The molecular formula is C21H25N5O5S. The second-order valence-electron chi connectivity index (χ2n) is 7.28. The van der Waals surface area contributed by atoms with Gasteiger partial charge in [-0.2, -0.15) is 9.40 Å². The van der Waals surface area contributed by atoms with Crippen LogP contribution in [0.25, 0.3) is 10.9 Å². The van der Waals surface area contributed by atoms with Crippen LogP contribution in [0.1, 0.15) is 23.3 Å². The molecule has 0 saturated carbocycles. The summed E-state index contributed by atoms with van der Waals surface area (Å²) in [5.41, 5.74) is 7.25. The summed E-state index contributed by atoms with van der Waals surface area (Å²) in [7, 11) is -3.55. The molecule has 10 nitrogen and oxygen atoms in total.